The van der Waals surface area contributed by atoms with E-state index in [0.717, 1.165) is 19.6 Å². The van der Waals surface area contributed by atoms with Crippen molar-refractivity contribution in [1.29, 1.82) is 0 Å². The van der Waals surface area contributed by atoms with E-state index in [4.69, 9.17) is 9.47 Å². The van der Waals surface area contributed by atoms with Crippen LogP contribution in [-0.2, 0) is 9.47 Å². The van der Waals surface area contributed by atoms with E-state index in [0.29, 0.717) is 0 Å². The van der Waals surface area contributed by atoms with Crippen LogP contribution in [0.4, 0.5) is 0 Å². The molecule has 0 atom stereocenters. The Balaban J connectivity index is 3.80. The van der Waals surface area contributed by atoms with Gasteiger partial charge >= 0.3 is 0 Å². The summed E-state index contributed by atoms with van der Waals surface area (Å²) in [7, 11) is 0. The van der Waals surface area contributed by atoms with Gasteiger partial charge in [-0.1, -0.05) is 126 Å². The maximum atomic E-state index is 6.12. The van der Waals surface area contributed by atoms with Gasteiger partial charge in [0.15, 0.2) is 6.29 Å². The van der Waals surface area contributed by atoms with Gasteiger partial charge < -0.3 is 9.47 Å². The first-order chi connectivity index (χ1) is 13.8. The molecule has 3 heteroatoms. The van der Waals surface area contributed by atoms with E-state index in [2.05, 4.69) is 36.4 Å². The minimum Gasteiger partial charge on any atom is -0.353 e. The minimum absolute atomic E-state index is 0.0422. The highest BCUT2D eigenvalue weighted by Gasteiger charge is 2.09. The molecule has 0 aromatic rings. The van der Waals surface area contributed by atoms with E-state index in [1.165, 1.54) is 120 Å². The average Bonchev–Trinajstić information content (AvgIpc) is 2.71. The quantitative estimate of drug-likeness (QED) is 0.0558. The van der Waals surface area contributed by atoms with Crippen LogP contribution in [0.1, 0.15) is 136 Å². The molecule has 0 aromatic heterocycles. The van der Waals surface area contributed by atoms with Gasteiger partial charge in [-0.2, -0.15) is 0 Å². The Morgan fingerprint density at radius 1 is 0.500 bits per heavy atom. The Bertz CT molecular complexity index is 230. The van der Waals surface area contributed by atoms with E-state index in [-0.39, 0.29) is 6.29 Å². The molecule has 0 saturated carbocycles. The molecule has 0 aliphatic rings. The second kappa shape index (κ2) is 25.7. The zero-order valence-corrected chi connectivity index (χ0v) is 21.5. The third-order valence-electron chi connectivity index (χ3n) is 5.43. The van der Waals surface area contributed by atoms with Crippen molar-refractivity contribution in [2.75, 3.05) is 17.6 Å². The van der Waals surface area contributed by atoms with Crippen molar-refractivity contribution in [2.24, 2.45) is 0 Å². The molecule has 0 spiro atoms. The van der Waals surface area contributed by atoms with Crippen molar-refractivity contribution < 1.29 is 9.47 Å². The van der Waals surface area contributed by atoms with Crippen LogP contribution in [0, 0.1) is 0 Å². The number of ether oxygens (including phenoxy) is 2. The molecule has 0 aromatic carbocycles. The molecule has 0 rings (SSSR count). The number of halogens is 1. The molecule has 0 bridgehead atoms. The van der Waals surface area contributed by atoms with Crippen LogP contribution < -0.4 is 0 Å². The van der Waals surface area contributed by atoms with E-state index in [9.17, 15) is 0 Å². The highest BCUT2D eigenvalue weighted by molar-refractivity contribution is 14.1. The topological polar surface area (TPSA) is 18.5 Å². The molecular weight excluding hydrogens is 459 g/mol. The summed E-state index contributed by atoms with van der Waals surface area (Å²) >= 11 is 2.48. The van der Waals surface area contributed by atoms with E-state index in [1.54, 1.807) is 0 Å². The molecule has 2 nitrogen and oxygen atoms in total. The predicted molar refractivity (Wildman–Crippen MR) is 134 cm³/mol. The number of hydrogen-bond donors (Lipinski definition) is 0. The first-order valence-corrected chi connectivity index (χ1v) is 14.2. The molecule has 0 heterocycles. The summed E-state index contributed by atoms with van der Waals surface area (Å²) in [5, 5.41) is 0. The first kappa shape index (κ1) is 28.6. The zero-order chi connectivity index (χ0) is 20.5. The molecule has 0 fully saturated rings. The van der Waals surface area contributed by atoms with Gasteiger partial charge in [0, 0.05) is 13.2 Å². The van der Waals surface area contributed by atoms with Crippen LogP contribution in [-0.4, -0.2) is 23.9 Å². The smallest absolute Gasteiger partial charge is 0.157 e. The first-order valence-electron chi connectivity index (χ1n) is 12.6. The zero-order valence-electron chi connectivity index (χ0n) is 19.3. The van der Waals surface area contributed by atoms with Gasteiger partial charge in [0.1, 0.15) is 0 Å². The fraction of sp³-hybridized carbons (Fsp3) is 1.00. The Kier molecular flexibility index (Phi) is 26.3. The SMILES string of the molecule is CCCCCCCCOC(CCCCCCCCI)OCCCCCCCC. The van der Waals surface area contributed by atoms with Gasteiger partial charge in [-0.05, 0) is 36.5 Å². The Morgan fingerprint density at radius 3 is 1.36 bits per heavy atom. The van der Waals surface area contributed by atoms with Crippen molar-refractivity contribution in [3.8, 4) is 0 Å². The lowest BCUT2D eigenvalue weighted by atomic mass is 10.1. The second-order valence-corrected chi connectivity index (χ2v) is 9.38. The van der Waals surface area contributed by atoms with Crippen LogP contribution in [0.2, 0.25) is 0 Å². The lowest BCUT2D eigenvalue weighted by molar-refractivity contribution is -0.148. The summed E-state index contributed by atoms with van der Waals surface area (Å²) in [6, 6.07) is 0. The Hall–Kier alpha value is 0.650. The van der Waals surface area contributed by atoms with E-state index in [1.807, 2.05) is 0 Å². The maximum absolute atomic E-state index is 6.12. The van der Waals surface area contributed by atoms with Gasteiger partial charge in [0.05, 0.1) is 0 Å². The molecular formula is C25H51IO2. The van der Waals surface area contributed by atoms with E-state index < -0.39 is 0 Å². The van der Waals surface area contributed by atoms with Crippen molar-refractivity contribution in [1.82, 2.24) is 0 Å². The highest BCUT2D eigenvalue weighted by atomic mass is 127. The van der Waals surface area contributed by atoms with Crippen LogP contribution in [0.25, 0.3) is 0 Å². The van der Waals surface area contributed by atoms with Crippen LogP contribution in [0.5, 0.6) is 0 Å². The molecule has 0 radical (unpaired) electrons. The van der Waals surface area contributed by atoms with Gasteiger partial charge in [-0.25, -0.2) is 0 Å². The fourth-order valence-electron chi connectivity index (χ4n) is 3.52. The lowest BCUT2D eigenvalue weighted by Crippen LogP contribution is -2.19. The predicted octanol–water partition coefficient (Wildman–Crippen LogP) is 9.23. The largest absolute Gasteiger partial charge is 0.353 e. The third-order valence-corrected chi connectivity index (χ3v) is 6.19. The van der Waals surface area contributed by atoms with E-state index >= 15 is 0 Å². The summed E-state index contributed by atoms with van der Waals surface area (Å²) in [4.78, 5) is 0. The lowest BCUT2D eigenvalue weighted by Gasteiger charge is -2.19. The summed E-state index contributed by atoms with van der Waals surface area (Å²) in [5.41, 5.74) is 0. The third kappa shape index (κ3) is 22.9. The van der Waals surface area contributed by atoms with Crippen LogP contribution in [0.3, 0.4) is 0 Å². The number of rotatable bonds is 24. The standard InChI is InChI=1S/C25H51IO2/c1-3-5-7-9-15-19-23-27-25(21-17-13-11-12-14-18-22-26)28-24-20-16-10-8-6-4-2/h25H,3-24H2,1-2H3. The minimum atomic E-state index is 0.0422. The second-order valence-electron chi connectivity index (χ2n) is 8.31. The highest BCUT2D eigenvalue weighted by Crippen LogP contribution is 2.14. The maximum Gasteiger partial charge on any atom is 0.157 e. The molecule has 0 aliphatic heterocycles. The molecule has 0 unspecified atom stereocenters. The fourth-order valence-corrected chi connectivity index (χ4v) is 4.06. The van der Waals surface area contributed by atoms with Crippen molar-refractivity contribution in [3.63, 3.8) is 0 Å². The number of hydrogen-bond acceptors (Lipinski definition) is 2. The number of alkyl halides is 1. The molecule has 170 valence electrons. The van der Waals surface area contributed by atoms with Crippen LogP contribution in [0.15, 0.2) is 0 Å². The molecule has 0 saturated heterocycles. The molecule has 28 heavy (non-hydrogen) atoms. The van der Waals surface area contributed by atoms with Crippen molar-refractivity contribution >= 4 is 22.6 Å². The Labute approximate surface area is 191 Å². The van der Waals surface area contributed by atoms with Gasteiger partial charge in [0.2, 0.25) is 0 Å². The van der Waals surface area contributed by atoms with Crippen molar-refractivity contribution in [2.45, 2.75) is 142 Å². The Morgan fingerprint density at radius 2 is 0.893 bits per heavy atom. The van der Waals surface area contributed by atoms with Crippen LogP contribution >= 0.6 is 22.6 Å². The van der Waals surface area contributed by atoms with Gasteiger partial charge in [0.25, 0.3) is 0 Å². The molecule has 0 amide bonds. The van der Waals surface area contributed by atoms with Crippen molar-refractivity contribution in [3.05, 3.63) is 0 Å². The summed E-state index contributed by atoms with van der Waals surface area (Å²) in [5.74, 6) is 0. The van der Waals surface area contributed by atoms with Gasteiger partial charge in [-0.3, -0.25) is 0 Å². The monoisotopic (exact) mass is 510 g/mol. The molecule has 0 aliphatic carbocycles. The molecule has 0 N–H and O–H groups in total. The normalized spacial score (nSPS) is 11.6. The summed E-state index contributed by atoms with van der Waals surface area (Å²) in [6.07, 6.45) is 25.1. The number of unbranched alkanes of at least 4 members (excludes halogenated alkanes) is 15. The van der Waals surface area contributed by atoms with Gasteiger partial charge in [-0.15, -0.1) is 0 Å². The average molecular weight is 511 g/mol. The summed E-state index contributed by atoms with van der Waals surface area (Å²) in [6.45, 7) is 6.31. The summed E-state index contributed by atoms with van der Waals surface area (Å²) < 4.78 is 13.5.